The van der Waals surface area contributed by atoms with Gasteiger partial charge in [-0.3, -0.25) is 4.84 Å². The number of methoxy groups -OCH3 is 1. The number of hydroxylamine groups is 1. The molecular formula is C10H23NO3. The highest BCUT2D eigenvalue weighted by Gasteiger charge is 2.36. The zero-order valence-corrected chi connectivity index (χ0v) is 9.89. The van der Waals surface area contributed by atoms with Gasteiger partial charge in [0.05, 0.1) is 5.60 Å². The van der Waals surface area contributed by atoms with Gasteiger partial charge in [-0.2, -0.15) is 0 Å². The zero-order valence-electron chi connectivity index (χ0n) is 9.89. The van der Waals surface area contributed by atoms with Crippen LogP contribution in [-0.2, 0) is 9.57 Å². The highest BCUT2D eigenvalue weighted by Crippen LogP contribution is 2.23. The van der Waals surface area contributed by atoms with E-state index in [4.69, 9.17) is 9.57 Å². The summed E-state index contributed by atoms with van der Waals surface area (Å²) in [6.07, 6.45) is 0.887. The molecule has 0 aliphatic heterocycles. The Hall–Kier alpha value is -0.160. The van der Waals surface area contributed by atoms with Gasteiger partial charge < -0.3 is 9.84 Å². The van der Waals surface area contributed by atoms with Crippen LogP contribution in [0.15, 0.2) is 0 Å². The molecule has 0 aromatic rings. The van der Waals surface area contributed by atoms with Gasteiger partial charge in [0, 0.05) is 20.3 Å². The molecule has 0 saturated carbocycles. The summed E-state index contributed by atoms with van der Waals surface area (Å²) in [5, 5.41) is 9.76. The summed E-state index contributed by atoms with van der Waals surface area (Å²) in [5.74, 6) is 0. The van der Waals surface area contributed by atoms with Crippen molar-refractivity contribution < 1.29 is 14.7 Å². The highest BCUT2D eigenvalue weighted by atomic mass is 16.7. The number of rotatable bonds is 7. The lowest BCUT2D eigenvalue weighted by Gasteiger charge is -2.36. The van der Waals surface area contributed by atoms with Gasteiger partial charge in [-0.25, -0.2) is 5.48 Å². The van der Waals surface area contributed by atoms with Crippen molar-refractivity contribution in [1.29, 1.82) is 0 Å². The standard InChI is InChI=1S/C10H23NO3/c1-9(2,12)10(3,4)14-11-7-6-8-13-5/h11-12H,6-8H2,1-5H3. The summed E-state index contributed by atoms with van der Waals surface area (Å²) in [6, 6.07) is 0. The first-order valence-electron chi connectivity index (χ1n) is 4.93. The summed E-state index contributed by atoms with van der Waals surface area (Å²) in [4.78, 5) is 5.38. The third kappa shape index (κ3) is 4.91. The first-order valence-corrected chi connectivity index (χ1v) is 4.93. The van der Waals surface area contributed by atoms with E-state index in [2.05, 4.69) is 5.48 Å². The van der Waals surface area contributed by atoms with Crippen LogP contribution in [0.3, 0.4) is 0 Å². The summed E-state index contributed by atoms with van der Waals surface area (Å²) < 4.78 is 4.90. The maximum absolute atomic E-state index is 9.76. The van der Waals surface area contributed by atoms with Crippen molar-refractivity contribution in [3.8, 4) is 0 Å². The Balaban J connectivity index is 3.67. The second-order valence-corrected chi connectivity index (χ2v) is 4.41. The summed E-state index contributed by atoms with van der Waals surface area (Å²) in [5.41, 5.74) is 1.34. The van der Waals surface area contributed by atoms with E-state index in [0.29, 0.717) is 13.2 Å². The van der Waals surface area contributed by atoms with Crippen LogP contribution >= 0.6 is 0 Å². The van der Waals surface area contributed by atoms with Crippen molar-refractivity contribution in [1.82, 2.24) is 5.48 Å². The second kappa shape index (κ2) is 5.66. The number of aliphatic hydroxyl groups is 1. The van der Waals surface area contributed by atoms with E-state index in [1.54, 1.807) is 21.0 Å². The monoisotopic (exact) mass is 205 g/mol. The Kier molecular flexibility index (Phi) is 5.59. The average Bonchev–Trinajstić information content (AvgIpc) is 2.02. The Morgan fingerprint density at radius 3 is 2.21 bits per heavy atom. The predicted molar refractivity (Wildman–Crippen MR) is 56.0 cm³/mol. The maximum atomic E-state index is 9.76. The number of hydrogen-bond donors (Lipinski definition) is 2. The van der Waals surface area contributed by atoms with Crippen LogP contribution in [0.5, 0.6) is 0 Å². The second-order valence-electron chi connectivity index (χ2n) is 4.41. The number of hydrogen-bond acceptors (Lipinski definition) is 4. The van der Waals surface area contributed by atoms with E-state index in [1.807, 2.05) is 13.8 Å². The lowest BCUT2D eigenvalue weighted by atomic mass is 9.90. The molecule has 0 aliphatic rings. The molecule has 0 atom stereocenters. The smallest absolute Gasteiger partial charge is 0.112 e. The molecule has 0 spiro atoms. The SMILES string of the molecule is COCCCNOC(C)(C)C(C)(C)O. The van der Waals surface area contributed by atoms with Crippen LogP contribution in [-0.4, -0.2) is 36.6 Å². The van der Waals surface area contributed by atoms with E-state index in [0.717, 1.165) is 6.42 Å². The normalized spacial score (nSPS) is 13.3. The van der Waals surface area contributed by atoms with Gasteiger partial charge >= 0.3 is 0 Å². The van der Waals surface area contributed by atoms with Crippen LogP contribution in [0, 0.1) is 0 Å². The molecule has 4 heteroatoms. The molecule has 86 valence electrons. The fourth-order valence-corrected chi connectivity index (χ4v) is 0.645. The van der Waals surface area contributed by atoms with Crippen LogP contribution in [0.4, 0.5) is 0 Å². The van der Waals surface area contributed by atoms with Crippen LogP contribution in [0.2, 0.25) is 0 Å². The van der Waals surface area contributed by atoms with Gasteiger partial charge in [0.1, 0.15) is 5.60 Å². The molecule has 0 aromatic carbocycles. The molecule has 0 aromatic heterocycles. The lowest BCUT2D eigenvalue weighted by Crippen LogP contribution is -2.50. The summed E-state index contributed by atoms with van der Waals surface area (Å²) in [6.45, 7) is 8.56. The third-order valence-corrected chi connectivity index (χ3v) is 2.43. The summed E-state index contributed by atoms with van der Waals surface area (Å²) >= 11 is 0. The van der Waals surface area contributed by atoms with Crippen molar-refractivity contribution in [2.24, 2.45) is 0 Å². The van der Waals surface area contributed by atoms with E-state index in [1.165, 1.54) is 0 Å². The molecule has 0 saturated heterocycles. The van der Waals surface area contributed by atoms with Gasteiger partial charge in [0.15, 0.2) is 0 Å². The minimum atomic E-state index is -0.874. The van der Waals surface area contributed by atoms with Crippen molar-refractivity contribution in [2.75, 3.05) is 20.3 Å². The molecule has 14 heavy (non-hydrogen) atoms. The lowest BCUT2D eigenvalue weighted by molar-refractivity contribution is -0.183. The van der Waals surface area contributed by atoms with E-state index in [9.17, 15) is 5.11 Å². The minimum Gasteiger partial charge on any atom is -0.387 e. The van der Waals surface area contributed by atoms with Crippen LogP contribution in [0.1, 0.15) is 34.1 Å². The Bertz CT molecular complexity index is 152. The number of ether oxygens (including phenoxy) is 1. The first-order chi connectivity index (χ1) is 6.31. The van der Waals surface area contributed by atoms with Crippen molar-refractivity contribution >= 4 is 0 Å². The molecule has 0 unspecified atom stereocenters. The molecule has 0 aliphatic carbocycles. The van der Waals surface area contributed by atoms with Crippen LogP contribution < -0.4 is 5.48 Å². The average molecular weight is 205 g/mol. The molecule has 0 bridgehead atoms. The highest BCUT2D eigenvalue weighted by molar-refractivity contribution is 4.86. The van der Waals surface area contributed by atoms with Crippen molar-refractivity contribution in [3.63, 3.8) is 0 Å². The Morgan fingerprint density at radius 2 is 1.79 bits per heavy atom. The van der Waals surface area contributed by atoms with Gasteiger partial charge in [0.25, 0.3) is 0 Å². The topological polar surface area (TPSA) is 50.7 Å². The predicted octanol–water partition coefficient (Wildman–Crippen LogP) is 1.09. The molecule has 0 rings (SSSR count). The molecule has 0 fully saturated rings. The van der Waals surface area contributed by atoms with Gasteiger partial charge in [-0.05, 0) is 34.1 Å². The van der Waals surface area contributed by atoms with Gasteiger partial charge in [-0.15, -0.1) is 0 Å². The molecule has 4 nitrogen and oxygen atoms in total. The van der Waals surface area contributed by atoms with E-state index >= 15 is 0 Å². The van der Waals surface area contributed by atoms with Gasteiger partial charge in [0.2, 0.25) is 0 Å². The summed E-state index contributed by atoms with van der Waals surface area (Å²) in [7, 11) is 1.67. The largest absolute Gasteiger partial charge is 0.387 e. The number of nitrogens with one attached hydrogen (secondary N) is 1. The third-order valence-electron chi connectivity index (χ3n) is 2.43. The van der Waals surface area contributed by atoms with Gasteiger partial charge in [-0.1, -0.05) is 0 Å². The molecule has 0 amide bonds. The first kappa shape index (κ1) is 13.8. The Morgan fingerprint density at radius 1 is 1.21 bits per heavy atom. The van der Waals surface area contributed by atoms with E-state index < -0.39 is 11.2 Å². The zero-order chi connectivity index (χ0) is 11.2. The Labute approximate surface area is 86.5 Å². The fraction of sp³-hybridized carbons (Fsp3) is 1.00. The molecule has 0 radical (unpaired) electrons. The van der Waals surface area contributed by atoms with Crippen LogP contribution in [0.25, 0.3) is 0 Å². The van der Waals surface area contributed by atoms with Crippen molar-refractivity contribution in [3.05, 3.63) is 0 Å². The molecule has 0 heterocycles. The minimum absolute atomic E-state index is 0.611. The quantitative estimate of drug-likeness (QED) is 0.482. The maximum Gasteiger partial charge on any atom is 0.112 e. The molecular weight excluding hydrogens is 182 g/mol. The fourth-order valence-electron chi connectivity index (χ4n) is 0.645. The molecule has 2 N–H and O–H groups in total. The van der Waals surface area contributed by atoms with E-state index in [-0.39, 0.29) is 0 Å². The van der Waals surface area contributed by atoms with Crippen molar-refractivity contribution in [2.45, 2.75) is 45.3 Å².